The van der Waals surface area contributed by atoms with Gasteiger partial charge in [-0.2, -0.15) is 0 Å². The molecule has 0 aromatic heterocycles. The Labute approximate surface area is 172 Å². The van der Waals surface area contributed by atoms with E-state index in [4.69, 9.17) is 19.9 Å². The van der Waals surface area contributed by atoms with Gasteiger partial charge in [0.2, 0.25) is 0 Å². The van der Waals surface area contributed by atoms with Gasteiger partial charge < -0.3 is 19.9 Å². The van der Waals surface area contributed by atoms with Gasteiger partial charge in [0.15, 0.2) is 11.5 Å². The van der Waals surface area contributed by atoms with Crippen LogP contribution in [0, 0.1) is 0 Å². The summed E-state index contributed by atoms with van der Waals surface area (Å²) in [6.45, 7) is 4.78. The normalized spacial score (nSPS) is 14.8. The number of hydrogen-bond donors (Lipinski definition) is 1. The molecule has 0 spiro atoms. The smallest absolute Gasteiger partial charge is 0.169 e. The lowest BCUT2D eigenvalue weighted by Gasteiger charge is -2.26. The third kappa shape index (κ3) is 4.02. The number of rotatable bonds is 6. The molecule has 29 heavy (non-hydrogen) atoms. The zero-order valence-electron chi connectivity index (χ0n) is 17.1. The summed E-state index contributed by atoms with van der Waals surface area (Å²) < 4.78 is 16.8. The van der Waals surface area contributed by atoms with Crippen LogP contribution in [0.3, 0.4) is 0 Å². The lowest BCUT2D eigenvalue weighted by atomic mass is 9.94. The molecular formula is C24H28N2O3. The quantitative estimate of drug-likeness (QED) is 0.643. The first-order valence-electron chi connectivity index (χ1n) is 10.0. The van der Waals surface area contributed by atoms with Crippen LogP contribution in [0.5, 0.6) is 11.5 Å². The van der Waals surface area contributed by atoms with Gasteiger partial charge in [0.05, 0.1) is 27.4 Å². The number of fused-ring (bicyclic) bond motifs is 1. The predicted octanol–water partition coefficient (Wildman–Crippen LogP) is 3.98. The summed E-state index contributed by atoms with van der Waals surface area (Å²) in [4.78, 5) is 2.46. The van der Waals surface area contributed by atoms with E-state index in [1.54, 1.807) is 14.2 Å². The lowest BCUT2D eigenvalue weighted by Crippen LogP contribution is -2.37. The molecule has 0 bridgehead atoms. The van der Waals surface area contributed by atoms with Gasteiger partial charge in [-0.1, -0.05) is 36.4 Å². The maximum Gasteiger partial charge on any atom is 0.169 e. The van der Waals surface area contributed by atoms with Crippen molar-refractivity contribution in [2.45, 2.75) is 6.42 Å². The summed E-state index contributed by atoms with van der Waals surface area (Å²) in [6, 6.07) is 16.6. The molecule has 152 valence electrons. The molecule has 1 heterocycles. The minimum atomic E-state index is 0.685. The molecule has 4 rings (SSSR count). The highest BCUT2D eigenvalue weighted by atomic mass is 16.5. The Kier molecular flexibility index (Phi) is 5.88. The van der Waals surface area contributed by atoms with Crippen LogP contribution in [0.25, 0.3) is 21.9 Å². The zero-order chi connectivity index (χ0) is 20.2. The van der Waals surface area contributed by atoms with Crippen molar-refractivity contribution in [3.8, 4) is 22.6 Å². The van der Waals surface area contributed by atoms with Gasteiger partial charge in [-0.05, 0) is 35.1 Å². The molecule has 1 aliphatic heterocycles. The van der Waals surface area contributed by atoms with Crippen LogP contribution in [0.1, 0.15) is 5.56 Å². The Morgan fingerprint density at radius 3 is 2.41 bits per heavy atom. The van der Waals surface area contributed by atoms with Crippen LogP contribution in [0.4, 0.5) is 5.69 Å². The number of hydrogen-bond acceptors (Lipinski definition) is 5. The average Bonchev–Trinajstić information content (AvgIpc) is 2.78. The number of anilines is 1. The molecule has 3 aromatic carbocycles. The molecule has 5 heteroatoms. The van der Waals surface area contributed by atoms with Gasteiger partial charge in [-0.3, -0.25) is 4.90 Å². The third-order valence-corrected chi connectivity index (χ3v) is 5.62. The fraction of sp³-hybridized carbons (Fsp3) is 0.333. The second kappa shape index (κ2) is 8.72. The Bertz CT molecular complexity index is 980. The molecule has 0 unspecified atom stereocenters. The number of nitrogens with zero attached hydrogens (tertiary/aromatic N) is 1. The van der Waals surface area contributed by atoms with E-state index in [2.05, 4.69) is 35.2 Å². The first kappa shape index (κ1) is 19.6. The largest absolute Gasteiger partial charge is 0.493 e. The standard InChI is InChI=1S/C24H28N2O3/c1-27-22-16-20-19(4-3-5-21(20)25)23(24(22)28-2)18-8-6-17(7-9-18)10-11-26-12-14-29-15-13-26/h3-9,16H,10-15,25H2,1-2H3. The molecule has 5 nitrogen and oxygen atoms in total. The van der Waals surface area contributed by atoms with E-state index >= 15 is 0 Å². The van der Waals surface area contributed by atoms with Gasteiger partial charge in [-0.25, -0.2) is 0 Å². The molecule has 0 saturated carbocycles. The molecule has 1 fully saturated rings. The Hall–Kier alpha value is -2.76. The fourth-order valence-electron chi connectivity index (χ4n) is 4.00. The first-order valence-corrected chi connectivity index (χ1v) is 10.0. The number of methoxy groups -OCH3 is 2. The minimum Gasteiger partial charge on any atom is -0.493 e. The van der Waals surface area contributed by atoms with Crippen molar-refractivity contribution < 1.29 is 14.2 Å². The molecule has 0 radical (unpaired) electrons. The highest BCUT2D eigenvalue weighted by molar-refractivity contribution is 6.06. The molecule has 3 aromatic rings. The monoisotopic (exact) mass is 392 g/mol. The average molecular weight is 392 g/mol. The summed E-state index contributed by atoms with van der Waals surface area (Å²) in [6.07, 6.45) is 1.03. The first-order chi connectivity index (χ1) is 14.2. The van der Waals surface area contributed by atoms with E-state index in [0.29, 0.717) is 5.75 Å². The number of morpholine rings is 1. The van der Waals surface area contributed by atoms with E-state index in [0.717, 1.165) is 72.6 Å². The van der Waals surface area contributed by atoms with E-state index in [1.807, 2.05) is 18.2 Å². The van der Waals surface area contributed by atoms with Crippen LogP contribution in [0.15, 0.2) is 48.5 Å². The Balaban J connectivity index is 1.67. The topological polar surface area (TPSA) is 57.0 Å². The summed E-state index contributed by atoms with van der Waals surface area (Å²) >= 11 is 0. The van der Waals surface area contributed by atoms with E-state index in [1.165, 1.54) is 5.56 Å². The van der Waals surface area contributed by atoms with E-state index in [-0.39, 0.29) is 0 Å². The molecule has 1 aliphatic rings. The van der Waals surface area contributed by atoms with Crippen molar-refractivity contribution in [2.24, 2.45) is 0 Å². The van der Waals surface area contributed by atoms with Crippen LogP contribution in [-0.2, 0) is 11.2 Å². The molecule has 0 aliphatic carbocycles. The van der Waals surface area contributed by atoms with Crippen molar-refractivity contribution in [3.63, 3.8) is 0 Å². The Morgan fingerprint density at radius 2 is 1.72 bits per heavy atom. The van der Waals surface area contributed by atoms with Crippen molar-refractivity contribution >= 4 is 16.5 Å². The molecule has 0 amide bonds. The molecule has 2 N–H and O–H groups in total. The molecule has 0 atom stereocenters. The van der Waals surface area contributed by atoms with E-state index in [9.17, 15) is 0 Å². The third-order valence-electron chi connectivity index (χ3n) is 5.62. The van der Waals surface area contributed by atoms with Crippen molar-refractivity contribution in [3.05, 3.63) is 54.1 Å². The SMILES string of the molecule is COc1cc2c(N)cccc2c(-c2ccc(CCN3CCOCC3)cc2)c1OC. The van der Waals surface area contributed by atoms with Crippen LogP contribution in [0.2, 0.25) is 0 Å². The van der Waals surface area contributed by atoms with Gasteiger partial charge in [-0.15, -0.1) is 0 Å². The molecular weight excluding hydrogens is 364 g/mol. The number of benzene rings is 3. The summed E-state index contributed by atoms with van der Waals surface area (Å²) in [5.74, 6) is 1.41. The van der Waals surface area contributed by atoms with E-state index < -0.39 is 0 Å². The number of nitrogens with two attached hydrogens (primary N) is 1. The highest BCUT2D eigenvalue weighted by Crippen LogP contribution is 2.45. The number of nitrogen functional groups attached to an aromatic ring is 1. The van der Waals surface area contributed by atoms with Crippen LogP contribution in [-0.4, -0.2) is 52.0 Å². The highest BCUT2D eigenvalue weighted by Gasteiger charge is 2.18. The maximum atomic E-state index is 6.24. The van der Waals surface area contributed by atoms with Gasteiger partial charge in [0.25, 0.3) is 0 Å². The summed E-state index contributed by atoms with van der Waals surface area (Å²) in [7, 11) is 3.33. The summed E-state index contributed by atoms with van der Waals surface area (Å²) in [5, 5.41) is 2.03. The Morgan fingerprint density at radius 1 is 0.966 bits per heavy atom. The minimum absolute atomic E-state index is 0.685. The summed E-state index contributed by atoms with van der Waals surface area (Å²) in [5.41, 5.74) is 10.4. The van der Waals surface area contributed by atoms with Gasteiger partial charge in [0, 0.05) is 36.3 Å². The van der Waals surface area contributed by atoms with Gasteiger partial charge >= 0.3 is 0 Å². The van der Waals surface area contributed by atoms with Crippen molar-refractivity contribution in [1.82, 2.24) is 4.90 Å². The fourth-order valence-corrected chi connectivity index (χ4v) is 4.00. The van der Waals surface area contributed by atoms with Crippen molar-refractivity contribution in [1.29, 1.82) is 0 Å². The second-order valence-corrected chi connectivity index (χ2v) is 7.33. The maximum absolute atomic E-state index is 6.24. The predicted molar refractivity (Wildman–Crippen MR) is 118 cm³/mol. The van der Waals surface area contributed by atoms with Crippen LogP contribution >= 0.6 is 0 Å². The second-order valence-electron chi connectivity index (χ2n) is 7.33. The molecule has 1 saturated heterocycles. The number of ether oxygens (including phenoxy) is 3. The van der Waals surface area contributed by atoms with Crippen LogP contribution < -0.4 is 15.2 Å². The zero-order valence-corrected chi connectivity index (χ0v) is 17.1. The van der Waals surface area contributed by atoms with Gasteiger partial charge in [0.1, 0.15) is 0 Å². The lowest BCUT2D eigenvalue weighted by molar-refractivity contribution is 0.0384. The van der Waals surface area contributed by atoms with Crippen molar-refractivity contribution in [2.75, 3.05) is 52.8 Å².